The van der Waals surface area contributed by atoms with Crippen LogP contribution in [0.15, 0.2) is 35.7 Å². The Morgan fingerprint density at radius 1 is 1.35 bits per heavy atom. The molecule has 2 aromatic rings. The normalized spacial score (nSPS) is 22.0. The van der Waals surface area contributed by atoms with Crippen molar-refractivity contribution < 1.29 is 17.6 Å². The number of hydrogen-bond acceptors (Lipinski definition) is 5. The summed E-state index contributed by atoms with van der Waals surface area (Å²) in [7, 11) is 1.55. The van der Waals surface area contributed by atoms with Gasteiger partial charge in [0, 0.05) is 43.2 Å². The number of nitrogens with zero attached hydrogens (tertiary/aromatic N) is 3. The highest BCUT2D eigenvalue weighted by Crippen LogP contribution is 2.38. The van der Waals surface area contributed by atoms with Crippen molar-refractivity contribution in [3.05, 3.63) is 51.4 Å². The molecule has 0 saturated carbocycles. The number of carbonyl (C=O) groups excluding carboxylic acids is 1. The van der Waals surface area contributed by atoms with Gasteiger partial charge in [0.25, 0.3) is 10.2 Å². The summed E-state index contributed by atoms with van der Waals surface area (Å²) in [5.74, 6) is -0.934. The van der Waals surface area contributed by atoms with Gasteiger partial charge in [0.05, 0.1) is 11.1 Å². The highest BCUT2D eigenvalue weighted by atomic mass is 35.5. The van der Waals surface area contributed by atoms with Gasteiger partial charge in [0.1, 0.15) is 5.82 Å². The summed E-state index contributed by atoms with van der Waals surface area (Å²) in [4.78, 5) is 15.5. The Balaban J connectivity index is 1.79. The third-order valence-electron chi connectivity index (χ3n) is 5.28. The van der Waals surface area contributed by atoms with Gasteiger partial charge in [-0.1, -0.05) is 17.7 Å². The first-order valence-electron chi connectivity index (χ1n) is 9.77. The number of rotatable bonds is 7. The Morgan fingerprint density at radius 2 is 2.10 bits per heavy atom. The van der Waals surface area contributed by atoms with Crippen molar-refractivity contribution in [1.82, 2.24) is 13.5 Å². The van der Waals surface area contributed by atoms with E-state index >= 15 is 0 Å². The maximum Gasteiger partial charge on any atom is 0.282 e. The molecular formula is C20H26ClFN4O3S2. The van der Waals surface area contributed by atoms with Crippen LogP contribution in [0, 0.1) is 5.82 Å². The van der Waals surface area contributed by atoms with Crippen LogP contribution >= 0.6 is 22.9 Å². The van der Waals surface area contributed by atoms with Crippen molar-refractivity contribution in [2.24, 2.45) is 0 Å². The summed E-state index contributed by atoms with van der Waals surface area (Å²) in [6.07, 6.45) is 0.468. The van der Waals surface area contributed by atoms with Gasteiger partial charge in [-0.2, -0.15) is 17.0 Å². The molecule has 2 heterocycles. The fourth-order valence-electron chi connectivity index (χ4n) is 3.56. The molecule has 3 rings (SSSR count). The molecule has 11 heteroatoms. The Morgan fingerprint density at radius 3 is 2.71 bits per heavy atom. The highest BCUT2D eigenvalue weighted by Gasteiger charge is 2.44. The van der Waals surface area contributed by atoms with Gasteiger partial charge in [-0.15, -0.1) is 11.3 Å². The second-order valence-electron chi connectivity index (χ2n) is 7.74. The smallest absolute Gasteiger partial charge is 0.282 e. The molecule has 0 bridgehead atoms. The lowest BCUT2D eigenvalue weighted by Crippen LogP contribution is -2.55. The van der Waals surface area contributed by atoms with Gasteiger partial charge < -0.3 is 10.2 Å². The first-order valence-corrected chi connectivity index (χ1v) is 12.4. The molecule has 1 N–H and O–H groups in total. The highest BCUT2D eigenvalue weighted by molar-refractivity contribution is 7.86. The largest absolute Gasteiger partial charge is 0.326 e. The molecule has 0 spiro atoms. The number of halogens is 2. The molecule has 1 aliphatic rings. The third kappa shape index (κ3) is 5.63. The maximum atomic E-state index is 13.3. The molecule has 7 nitrogen and oxygen atoms in total. The first kappa shape index (κ1) is 24.1. The molecule has 1 aliphatic heterocycles. The molecule has 1 fully saturated rings. The fourth-order valence-corrected chi connectivity index (χ4v) is 6.36. The molecule has 1 aromatic carbocycles. The number of likely N-dealkylation sites (N-methyl/N-ethyl adjacent to an activating group) is 1. The zero-order valence-corrected chi connectivity index (χ0v) is 20.0. The van der Waals surface area contributed by atoms with Crippen molar-refractivity contribution >= 4 is 44.7 Å². The number of benzene rings is 1. The van der Waals surface area contributed by atoms with Crippen LogP contribution < -0.4 is 5.32 Å². The molecular weight excluding hydrogens is 463 g/mol. The van der Waals surface area contributed by atoms with Gasteiger partial charge >= 0.3 is 0 Å². The van der Waals surface area contributed by atoms with Gasteiger partial charge in [0.15, 0.2) is 0 Å². The van der Waals surface area contributed by atoms with Crippen molar-refractivity contribution in [2.45, 2.75) is 24.9 Å². The lowest BCUT2D eigenvalue weighted by Gasteiger charge is -2.43. The molecule has 0 radical (unpaired) electrons. The van der Waals surface area contributed by atoms with Crippen molar-refractivity contribution in [3.63, 3.8) is 0 Å². The number of amides is 1. The predicted octanol–water partition coefficient (Wildman–Crippen LogP) is 3.42. The van der Waals surface area contributed by atoms with Gasteiger partial charge in [-0.25, -0.2) is 4.39 Å². The van der Waals surface area contributed by atoms with Crippen LogP contribution in [0.2, 0.25) is 5.02 Å². The fraction of sp³-hybridized carbons (Fsp3) is 0.450. The van der Waals surface area contributed by atoms with Crippen LogP contribution in [0.3, 0.4) is 0 Å². The van der Waals surface area contributed by atoms with E-state index in [1.54, 1.807) is 0 Å². The first-order chi connectivity index (χ1) is 14.6. The summed E-state index contributed by atoms with van der Waals surface area (Å²) < 4.78 is 42.8. The summed E-state index contributed by atoms with van der Waals surface area (Å²) >= 11 is 7.28. The lowest BCUT2D eigenvalue weighted by atomic mass is 10.0. The molecule has 1 amide bonds. The van der Waals surface area contributed by atoms with Crippen LogP contribution in [0.5, 0.6) is 0 Å². The monoisotopic (exact) mass is 488 g/mol. The van der Waals surface area contributed by atoms with E-state index in [1.807, 2.05) is 36.5 Å². The molecule has 1 aromatic heterocycles. The van der Waals surface area contributed by atoms with Crippen molar-refractivity contribution in [1.29, 1.82) is 0 Å². The van der Waals surface area contributed by atoms with Crippen LogP contribution in [-0.4, -0.2) is 68.1 Å². The zero-order chi connectivity index (χ0) is 22.8. The second kappa shape index (κ2) is 9.93. The molecule has 170 valence electrons. The molecule has 0 aliphatic carbocycles. The Labute approximate surface area is 191 Å². The Kier molecular flexibility index (Phi) is 7.72. The summed E-state index contributed by atoms with van der Waals surface area (Å²) in [5.41, 5.74) is 0.361. The van der Waals surface area contributed by atoms with Crippen LogP contribution in [0.4, 0.5) is 10.1 Å². The summed E-state index contributed by atoms with van der Waals surface area (Å²) in [5, 5.41) is 4.50. The van der Waals surface area contributed by atoms with Gasteiger partial charge in [-0.3, -0.25) is 4.79 Å². The van der Waals surface area contributed by atoms with Crippen LogP contribution in [0.1, 0.15) is 23.8 Å². The topological polar surface area (TPSA) is 73.0 Å². The van der Waals surface area contributed by atoms with E-state index in [-0.39, 0.29) is 23.4 Å². The summed E-state index contributed by atoms with van der Waals surface area (Å²) in [6, 6.07) is 6.89. The van der Waals surface area contributed by atoms with E-state index in [0.29, 0.717) is 25.2 Å². The van der Waals surface area contributed by atoms with Gasteiger partial charge in [0.2, 0.25) is 5.91 Å². The quantitative estimate of drug-likeness (QED) is 0.648. The Hall–Kier alpha value is -1.56. The molecule has 2 atom stereocenters. The van der Waals surface area contributed by atoms with E-state index in [0.717, 1.165) is 4.88 Å². The van der Waals surface area contributed by atoms with E-state index in [4.69, 9.17) is 11.6 Å². The SMILES string of the molecule is CN(C)CCN1[C@H](c2cccs2)C[C@H](CC(=O)Nc2ccc(F)c(Cl)c2)N(C)S1(=O)=O. The average molecular weight is 489 g/mol. The Bertz CT molecular complexity index is 1020. The number of thiophene rings is 1. The predicted molar refractivity (Wildman–Crippen MR) is 122 cm³/mol. The third-order valence-corrected chi connectivity index (χ3v) is 8.60. The number of anilines is 1. The average Bonchev–Trinajstić information content (AvgIpc) is 3.22. The minimum absolute atomic E-state index is 0.0197. The van der Waals surface area contributed by atoms with Crippen LogP contribution in [0.25, 0.3) is 0 Å². The lowest BCUT2D eigenvalue weighted by molar-refractivity contribution is -0.117. The van der Waals surface area contributed by atoms with E-state index in [9.17, 15) is 17.6 Å². The molecule has 31 heavy (non-hydrogen) atoms. The zero-order valence-electron chi connectivity index (χ0n) is 17.6. The number of nitrogens with one attached hydrogen (secondary N) is 1. The van der Waals surface area contributed by atoms with Crippen molar-refractivity contribution in [2.75, 3.05) is 39.5 Å². The molecule has 0 unspecified atom stereocenters. The number of hydrogen-bond donors (Lipinski definition) is 1. The van der Waals surface area contributed by atoms with Gasteiger partial charge in [-0.05, 0) is 50.2 Å². The minimum atomic E-state index is -3.76. The second-order valence-corrected chi connectivity index (χ2v) is 11.1. The van der Waals surface area contributed by atoms with Crippen LogP contribution in [-0.2, 0) is 15.0 Å². The molecule has 1 saturated heterocycles. The van der Waals surface area contributed by atoms with E-state index in [2.05, 4.69) is 5.32 Å². The van der Waals surface area contributed by atoms with E-state index in [1.165, 1.54) is 45.2 Å². The number of carbonyl (C=O) groups is 1. The minimum Gasteiger partial charge on any atom is -0.326 e. The maximum absolute atomic E-state index is 13.3. The standard InChI is InChI=1S/C20H26ClFN4O3S2/c1-24(2)8-9-26-18(19-5-4-10-30-19)12-15(25(3)31(26,28)29)13-20(27)23-14-6-7-17(22)16(21)11-14/h4-7,10-11,15,18H,8-9,12-13H2,1-3H3,(H,23,27)/t15-,18+/m1/s1. The van der Waals surface area contributed by atoms with E-state index < -0.39 is 22.1 Å². The van der Waals surface area contributed by atoms with Crippen molar-refractivity contribution in [3.8, 4) is 0 Å². The summed E-state index contributed by atoms with van der Waals surface area (Å²) in [6.45, 7) is 0.945.